The molecule has 1 amide bonds. The predicted octanol–water partition coefficient (Wildman–Crippen LogP) is 6.81. The van der Waals surface area contributed by atoms with Crippen LogP contribution in [-0.4, -0.2) is 47.3 Å². The molecule has 0 aliphatic carbocycles. The van der Waals surface area contributed by atoms with Gasteiger partial charge in [-0.05, 0) is 82.2 Å². The number of thioether (sulfide) groups is 1. The molecule has 2 heterocycles. The van der Waals surface area contributed by atoms with Crippen molar-refractivity contribution in [2.45, 2.75) is 6.42 Å². The molecule has 0 aromatic heterocycles. The number of hydrazone groups is 1. The Labute approximate surface area is 260 Å². The van der Waals surface area contributed by atoms with Crippen molar-refractivity contribution in [3.63, 3.8) is 0 Å². The molecule has 3 aromatic rings. The van der Waals surface area contributed by atoms with Crippen LogP contribution in [0.4, 0.5) is 0 Å². The Balaban J connectivity index is 1.31. The summed E-state index contributed by atoms with van der Waals surface area (Å²) in [5.74, 6) is 1.26. The third-order valence-electron chi connectivity index (χ3n) is 6.05. The second kappa shape index (κ2) is 12.9. The van der Waals surface area contributed by atoms with Crippen LogP contribution in [0.15, 0.2) is 89.0 Å². The summed E-state index contributed by atoms with van der Waals surface area (Å²) >= 11 is 9.68. The number of para-hydroxylation sites is 1. The molecule has 0 spiro atoms. The summed E-state index contributed by atoms with van der Waals surface area (Å²) < 4.78 is 18.3. The van der Waals surface area contributed by atoms with E-state index in [-0.39, 0.29) is 11.4 Å². The van der Waals surface area contributed by atoms with Gasteiger partial charge in [0.2, 0.25) is 5.17 Å². The summed E-state index contributed by atoms with van der Waals surface area (Å²) in [5.41, 5.74) is 2.53. The number of nitrogens with one attached hydrogen (secondary N) is 1. The van der Waals surface area contributed by atoms with Gasteiger partial charge in [0.1, 0.15) is 24.0 Å². The number of halogens is 2. The van der Waals surface area contributed by atoms with Crippen molar-refractivity contribution in [2.24, 2.45) is 10.1 Å². The van der Waals surface area contributed by atoms with Crippen LogP contribution in [-0.2, 0) is 11.2 Å². The molecular weight excluding hydrogens is 675 g/mol. The Bertz CT molecular complexity index is 1640. The van der Waals surface area contributed by atoms with Gasteiger partial charge in [0.05, 0.1) is 21.3 Å². The zero-order valence-electron chi connectivity index (χ0n) is 21.9. The van der Waals surface area contributed by atoms with E-state index in [9.17, 15) is 4.79 Å². The number of amides is 1. The van der Waals surface area contributed by atoms with E-state index in [1.54, 1.807) is 25.3 Å². The third-order valence-corrected chi connectivity index (χ3v) is 8.12. The molecule has 3 aromatic carbocycles. The average Bonchev–Trinajstić information content (AvgIpc) is 3.39. The van der Waals surface area contributed by atoms with Crippen LogP contribution in [0.2, 0.25) is 5.02 Å². The minimum atomic E-state index is -0.521. The van der Waals surface area contributed by atoms with Crippen molar-refractivity contribution in [3.8, 4) is 17.2 Å². The van der Waals surface area contributed by atoms with Crippen molar-refractivity contribution < 1.29 is 19.0 Å². The monoisotopic (exact) mass is 698 g/mol. The third kappa shape index (κ3) is 6.34. The standard InChI is InChI=1S/C30H24ClIN4O4S/c1-3-8-19-9-4-7-12-24(19)39-13-14-40-26-23(32)16-18(17-25(26)38-2)15-21-27(33)36-30(34-28(21)37)41-29(35-36)20-10-5-6-11-22(20)31/h3-7,9-12,15-17,33H,1,8,13-14H2,2H3/b21-15-,33-27?. The van der Waals surface area contributed by atoms with Gasteiger partial charge in [-0.25, -0.2) is 0 Å². The Morgan fingerprint density at radius 3 is 2.63 bits per heavy atom. The minimum Gasteiger partial charge on any atom is -0.493 e. The van der Waals surface area contributed by atoms with Gasteiger partial charge in [-0.1, -0.05) is 54.1 Å². The molecule has 208 valence electrons. The maximum absolute atomic E-state index is 12.9. The van der Waals surface area contributed by atoms with Crippen LogP contribution in [0.5, 0.6) is 17.2 Å². The van der Waals surface area contributed by atoms with Crippen LogP contribution in [0, 0.1) is 8.98 Å². The van der Waals surface area contributed by atoms with E-state index >= 15 is 0 Å². The second-order valence-electron chi connectivity index (χ2n) is 8.74. The number of benzene rings is 3. The number of carbonyl (C=O) groups is 1. The molecule has 11 heteroatoms. The Morgan fingerprint density at radius 2 is 1.85 bits per heavy atom. The van der Waals surface area contributed by atoms with Gasteiger partial charge in [0, 0.05) is 5.56 Å². The van der Waals surface area contributed by atoms with E-state index in [1.807, 2.05) is 54.6 Å². The highest BCUT2D eigenvalue weighted by Gasteiger charge is 2.36. The highest BCUT2D eigenvalue weighted by Crippen LogP contribution is 2.36. The number of rotatable bonds is 10. The van der Waals surface area contributed by atoms with Crippen molar-refractivity contribution >= 4 is 74.0 Å². The molecule has 0 radical (unpaired) electrons. The first-order chi connectivity index (χ1) is 19.9. The number of fused-ring (bicyclic) bond motifs is 1. The molecule has 0 bridgehead atoms. The molecule has 0 unspecified atom stereocenters. The van der Waals surface area contributed by atoms with Crippen molar-refractivity contribution in [2.75, 3.05) is 20.3 Å². The lowest BCUT2D eigenvalue weighted by molar-refractivity contribution is -0.114. The number of nitrogens with zero attached hydrogens (tertiary/aromatic N) is 3. The summed E-state index contributed by atoms with van der Waals surface area (Å²) in [6, 6.07) is 18.7. The van der Waals surface area contributed by atoms with E-state index in [0.717, 1.165) is 21.3 Å². The summed E-state index contributed by atoms with van der Waals surface area (Å²) in [7, 11) is 1.55. The molecule has 0 saturated heterocycles. The summed E-state index contributed by atoms with van der Waals surface area (Å²) in [5, 5.41) is 16.0. The van der Waals surface area contributed by atoms with Gasteiger partial charge in [0.25, 0.3) is 5.91 Å². The van der Waals surface area contributed by atoms with Crippen LogP contribution >= 0.6 is 46.0 Å². The molecule has 1 N–H and O–H groups in total. The molecular formula is C30H24ClIN4O4S. The van der Waals surface area contributed by atoms with Crippen LogP contribution < -0.4 is 14.2 Å². The lowest BCUT2D eigenvalue weighted by atomic mass is 10.1. The van der Waals surface area contributed by atoms with Crippen molar-refractivity contribution in [3.05, 3.63) is 104 Å². The Hall–Kier alpha value is -3.61. The first-order valence-electron chi connectivity index (χ1n) is 12.5. The number of methoxy groups -OCH3 is 1. The smallest absolute Gasteiger partial charge is 0.283 e. The van der Waals surface area contributed by atoms with E-state index in [1.165, 1.54) is 16.8 Å². The fourth-order valence-electron chi connectivity index (χ4n) is 4.13. The number of hydrogen-bond donors (Lipinski definition) is 1. The molecule has 0 saturated carbocycles. The Kier molecular flexibility index (Phi) is 9.11. The van der Waals surface area contributed by atoms with E-state index in [2.05, 4.69) is 39.3 Å². The van der Waals surface area contributed by atoms with Gasteiger partial charge in [-0.2, -0.15) is 15.1 Å². The number of carbonyl (C=O) groups excluding carboxylic acids is 1. The van der Waals surface area contributed by atoms with Crippen LogP contribution in [0.1, 0.15) is 16.7 Å². The van der Waals surface area contributed by atoms with E-state index in [0.29, 0.717) is 51.1 Å². The molecule has 0 atom stereocenters. The lowest BCUT2D eigenvalue weighted by Crippen LogP contribution is -2.35. The topological polar surface area (TPSA) is 96.6 Å². The van der Waals surface area contributed by atoms with Crippen molar-refractivity contribution in [1.82, 2.24) is 5.01 Å². The van der Waals surface area contributed by atoms with Gasteiger partial charge in [-0.15, -0.1) is 6.58 Å². The van der Waals surface area contributed by atoms with Crippen LogP contribution in [0.3, 0.4) is 0 Å². The highest BCUT2D eigenvalue weighted by atomic mass is 127. The quantitative estimate of drug-likeness (QED) is 0.108. The molecule has 2 aliphatic rings. The fourth-order valence-corrected chi connectivity index (χ4v) is 6.12. The summed E-state index contributed by atoms with van der Waals surface area (Å²) in [4.78, 5) is 17.1. The van der Waals surface area contributed by atoms with E-state index in [4.69, 9.17) is 31.2 Å². The number of allylic oxidation sites excluding steroid dienone is 1. The first kappa shape index (κ1) is 28.9. The Morgan fingerprint density at radius 1 is 1.10 bits per heavy atom. The number of aliphatic imine (C=N–C) groups is 1. The normalized spacial score (nSPS) is 15.4. The number of ether oxygens (including phenoxy) is 3. The summed E-state index contributed by atoms with van der Waals surface area (Å²) in [6.45, 7) is 4.44. The first-order valence-corrected chi connectivity index (χ1v) is 14.7. The molecule has 41 heavy (non-hydrogen) atoms. The maximum atomic E-state index is 12.9. The fraction of sp³-hybridized carbons (Fsp3) is 0.133. The summed E-state index contributed by atoms with van der Waals surface area (Å²) in [6.07, 6.45) is 4.16. The minimum absolute atomic E-state index is 0.0715. The van der Waals surface area contributed by atoms with Gasteiger partial charge in [0.15, 0.2) is 17.3 Å². The molecule has 0 fully saturated rings. The number of amidine groups is 2. The van der Waals surface area contributed by atoms with Gasteiger partial charge >= 0.3 is 0 Å². The molecule has 2 aliphatic heterocycles. The van der Waals surface area contributed by atoms with Crippen LogP contribution in [0.25, 0.3) is 6.08 Å². The largest absolute Gasteiger partial charge is 0.493 e. The van der Waals surface area contributed by atoms with E-state index < -0.39 is 5.91 Å². The SMILES string of the molecule is C=CCc1ccccc1OCCOc1c(I)cc(/C=C2/C(=N)N3N=C(c4ccccc4Cl)SC3=NC2=O)cc1OC. The molecule has 8 nitrogen and oxygen atoms in total. The van der Waals surface area contributed by atoms with Gasteiger partial charge in [-0.3, -0.25) is 10.2 Å². The van der Waals surface area contributed by atoms with Gasteiger partial charge < -0.3 is 14.2 Å². The zero-order valence-corrected chi connectivity index (χ0v) is 25.6. The predicted molar refractivity (Wildman–Crippen MR) is 173 cm³/mol. The van der Waals surface area contributed by atoms with Crippen molar-refractivity contribution in [1.29, 1.82) is 5.41 Å². The maximum Gasteiger partial charge on any atom is 0.283 e. The lowest BCUT2D eigenvalue weighted by Gasteiger charge is -2.20. The number of hydrogen-bond acceptors (Lipinski definition) is 7. The average molecular weight is 699 g/mol. The zero-order chi connectivity index (χ0) is 28.9. The molecule has 5 rings (SSSR count). The second-order valence-corrected chi connectivity index (χ2v) is 11.3. The highest BCUT2D eigenvalue weighted by molar-refractivity contribution is 14.1.